The maximum Gasteiger partial charge on any atom is 0.330 e. The monoisotopic (exact) mass is 402 g/mol. The summed E-state index contributed by atoms with van der Waals surface area (Å²) in [5.41, 5.74) is -0.485. The number of benzene rings is 1. The Hall–Kier alpha value is -2.55. The highest BCUT2D eigenvalue weighted by Crippen LogP contribution is 2.41. The third-order valence-electron chi connectivity index (χ3n) is 5.02. The van der Waals surface area contributed by atoms with Gasteiger partial charge >= 0.3 is 5.69 Å². The van der Waals surface area contributed by atoms with Crippen molar-refractivity contribution < 1.29 is 8.78 Å². The van der Waals surface area contributed by atoms with Gasteiger partial charge < -0.3 is 0 Å². The Morgan fingerprint density at radius 2 is 1.93 bits per heavy atom. The van der Waals surface area contributed by atoms with Crippen LogP contribution < -0.4 is 11.2 Å². The molecular formula is C19H16F2N4O2S. The lowest BCUT2D eigenvalue weighted by atomic mass is 10.2. The molecule has 1 N–H and O–H groups in total. The van der Waals surface area contributed by atoms with E-state index in [1.807, 2.05) is 0 Å². The van der Waals surface area contributed by atoms with Crippen LogP contribution in [0.3, 0.4) is 0 Å². The average Bonchev–Trinajstić information content (AvgIpc) is 3.54. The van der Waals surface area contributed by atoms with Gasteiger partial charge in [0.05, 0.1) is 0 Å². The van der Waals surface area contributed by atoms with Gasteiger partial charge in [-0.2, -0.15) is 0 Å². The summed E-state index contributed by atoms with van der Waals surface area (Å²) in [6.45, 7) is 0. The maximum absolute atomic E-state index is 14.0. The number of aromatic amines is 1. The number of halogens is 2. The summed E-state index contributed by atoms with van der Waals surface area (Å²) in [5.74, 6) is -0.878. The largest absolute Gasteiger partial charge is 0.330 e. The van der Waals surface area contributed by atoms with Crippen molar-refractivity contribution >= 4 is 22.8 Å². The maximum atomic E-state index is 14.0. The van der Waals surface area contributed by atoms with E-state index < -0.39 is 22.9 Å². The SMILES string of the molecule is O=c1[nH]c(=O)n(C2CC2)c2nc(C3CC3)nc(SCc3cccc(F)c3F)c12. The minimum Gasteiger partial charge on any atom is -0.274 e. The Kier molecular flexibility index (Phi) is 4.08. The first kappa shape index (κ1) is 17.5. The average molecular weight is 402 g/mol. The lowest BCUT2D eigenvalue weighted by Crippen LogP contribution is -2.31. The van der Waals surface area contributed by atoms with Gasteiger partial charge in [0.2, 0.25) is 0 Å². The molecule has 28 heavy (non-hydrogen) atoms. The first-order valence-corrected chi connectivity index (χ1v) is 10.1. The van der Waals surface area contributed by atoms with E-state index in [-0.39, 0.29) is 28.7 Å². The Morgan fingerprint density at radius 1 is 1.14 bits per heavy atom. The highest BCUT2D eigenvalue weighted by atomic mass is 32.2. The van der Waals surface area contributed by atoms with E-state index in [0.717, 1.165) is 43.5 Å². The lowest BCUT2D eigenvalue weighted by Gasteiger charge is -2.12. The topological polar surface area (TPSA) is 80.6 Å². The predicted octanol–water partition coefficient (Wildman–Crippen LogP) is 3.26. The van der Waals surface area contributed by atoms with Gasteiger partial charge in [-0.3, -0.25) is 14.3 Å². The molecule has 2 aliphatic rings. The number of rotatable bonds is 5. The van der Waals surface area contributed by atoms with Crippen LogP contribution in [0.15, 0.2) is 32.8 Å². The van der Waals surface area contributed by atoms with Gasteiger partial charge in [0, 0.05) is 23.3 Å². The standard InChI is InChI=1S/C19H16F2N4O2S/c20-12-3-1-2-10(14(12)21)8-28-18-13-16(22-15(23-18)9-4-5-9)25(11-6-7-11)19(27)24-17(13)26/h1-3,9,11H,4-8H2,(H,24,26,27). The molecule has 3 aromatic rings. The minimum atomic E-state index is -0.912. The molecule has 0 saturated heterocycles. The van der Waals surface area contributed by atoms with Gasteiger partial charge in [-0.05, 0) is 31.7 Å². The fraction of sp³-hybridized carbons (Fsp3) is 0.368. The van der Waals surface area contributed by atoms with Crippen molar-refractivity contribution in [2.75, 3.05) is 0 Å². The summed E-state index contributed by atoms with van der Waals surface area (Å²) in [6, 6.07) is 4.04. The van der Waals surface area contributed by atoms with E-state index >= 15 is 0 Å². The van der Waals surface area contributed by atoms with Crippen molar-refractivity contribution in [1.82, 2.24) is 19.5 Å². The molecule has 0 radical (unpaired) electrons. The molecule has 0 atom stereocenters. The summed E-state index contributed by atoms with van der Waals surface area (Å²) in [4.78, 5) is 36.3. The fourth-order valence-corrected chi connectivity index (χ4v) is 4.24. The molecular weight excluding hydrogens is 386 g/mol. The molecule has 0 aliphatic heterocycles. The Balaban J connectivity index is 1.65. The zero-order chi connectivity index (χ0) is 19.4. The Morgan fingerprint density at radius 3 is 2.64 bits per heavy atom. The second-order valence-corrected chi connectivity index (χ2v) is 8.19. The molecule has 0 unspecified atom stereocenters. The Labute approximate surface area is 162 Å². The van der Waals surface area contributed by atoms with Crippen LogP contribution in [-0.4, -0.2) is 19.5 Å². The van der Waals surface area contributed by atoms with Crippen LogP contribution >= 0.6 is 11.8 Å². The van der Waals surface area contributed by atoms with Gasteiger partial charge in [0.15, 0.2) is 17.3 Å². The predicted molar refractivity (Wildman–Crippen MR) is 101 cm³/mol. The molecule has 2 aromatic heterocycles. The normalized spacial score (nSPS) is 16.6. The summed E-state index contributed by atoms with van der Waals surface area (Å²) < 4.78 is 29.0. The first-order valence-electron chi connectivity index (χ1n) is 9.15. The number of thioether (sulfide) groups is 1. The van der Waals surface area contributed by atoms with Crippen LogP contribution in [0, 0.1) is 11.6 Å². The molecule has 2 saturated carbocycles. The van der Waals surface area contributed by atoms with Crippen molar-refractivity contribution in [2.24, 2.45) is 0 Å². The number of nitrogens with one attached hydrogen (secondary N) is 1. The quantitative estimate of drug-likeness (QED) is 0.523. The van der Waals surface area contributed by atoms with Crippen LogP contribution in [0.5, 0.6) is 0 Å². The Bertz CT molecular complexity index is 1220. The van der Waals surface area contributed by atoms with Crippen molar-refractivity contribution in [1.29, 1.82) is 0 Å². The zero-order valence-electron chi connectivity index (χ0n) is 14.7. The molecule has 0 spiro atoms. The molecule has 1 aromatic carbocycles. The summed E-state index contributed by atoms with van der Waals surface area (Å²) in [6.07, 6.45) is 3.65. The second kappa shape index (κ2) is 6.51. The molecule has 5 rings (SSSR count). The van der Waals surface area contributed by atoms with Crippen LogP contribution in [-0.2, 0) is 5.75 Å². The third kappa shape index (κ3) is 3.03. The van der Waals surface area contributed by atoms with E-state index in [2.05, 4.69) is 15.0 Å². The van der Waals surface area contributed by atoms with Crippen molar-refractivity contribution in [2.45, 2.75) is 48.4 Å². The van der Waals surface area contributed by atoms with Crippen LogP contribution in [0.1, 0.15) is 49.0 Å². The first-order chi connectivity index (χ1) is 13.5. The smallest absolute Gasteiger partial charge is 0.274 e. The molecule has 6 nitrogen and oxygen atoms in total. The van der Waals surface area contributed by atoms with E-state index in [4.69, 9.17) is 0 Å². The van der Waals surface area contributed by atoms with Crippen molar-refractivity contribution in [3.8, 4) is 0 Å². The van der Waals surface area contributed by atoms with Crippen LogP contribution in [0.25, 0.3) is 11.0 Å². The molecule has 144 valence electrons. The van der Waals surface area contributed by atoms with Crippen molar-refractivity contribution in [3.63, 3.8) is 0 Å². The van der Waals surface area contributed by atoms with Gasteiger partial charge in [-0.15, -0.1) is 11.8 Å². The van der Waals surface area contributed by atoms with Crippen molar-refractivity contribution in [3.05, 3.63) is 62.1 Å². The number of fused-ring (bicyclic) bond motifs is 1. The van der Waals surface area contributed by atoms with Gasteiger partial charge in [-0.25, -0.2) is 23.5 Å². The second-order valence-electron chi connectivity index (χ2n) is 7.22. The van der Waals surface area contributed by atoms with E-state index in [0.29, 0.717) is 16.5 Å². The van der Waals surface area contributed by atoms with E-state index in [1.165, 1.54) is 16.7 Å². The van der Waals surface area contributed by atoms with Gasteiger partial charge in [-0.1, -0.05) is 12.1 Å². The van der Waals surface area contributed by atoms with Gasteiger partial charge in [0.25, 0.3) is 5.56 Å². The number of H-pyrrole nitrogens is 1. The van der Waals surface area contributed by atoms with E-state index in [9.17, 15) is 18.4 Å². The summed E-state index contributed by atoms with van der Waals surface area (Å²) in [7, 11) is 0. The van der Waals surface area contributed by atoms with E-state index in [1.54, 1.807) is 0 Å². The van der Waals surface area contributed by atoms with Crippen LogP contribution in [0.2, 0.25) is 0 Å². The number of hydrogen-bond acceptors (Lipinski definition) is 5. The lowest BCUT2D eigenvalue weighted by molar-refractivity contribution is 0.502. The molecule has 2 aliphatic carbocycles. The molecule has 2 fully saturated rings. The fourth-order valence-electron chi connectivity index (χ4n) is 3.24. The van der Waals surface area contributed by atoms with Crippen LogP contribution in [0.4, 0.5) is 8.78 Å². The molecule has 0 bridgehead atoms. The number of aromatic nitrogens is 4. The molecule has 2 heterocycles. The number of hydrogen-bond donors (Lipinski definition) is 1. The third-order valence-corrected chi connectivity index (χ3v) is 6.04. The highest BCUT2D eigenvalue weighted by molar-refractivity contribution is 7.98. The zero-order valence-corrected chi connectivity index (χ0v) is 15.6. The summed E-state index contributed by atoms with van der Waals surface area (Å²) in [5, 5.41) is 0.629. The molecule has 9 heteroatoms. The highest BCUT2D eigenvalue weighted by Gasteiger charge is 2.32. The number of nitrogens with zero attached hydrogens (tertiary/aromatic N) is 3. The summed E-state index contributed by atoms with van der Waals surface area (Å²) >= 11 is 1.15. The molecule has 0 amide bonds. The van der Waals surface area contributed by atoms with Gasteiger partial charge in [0.1, 0.15) is 16.2 Å². The minimum absolute atomic E-state index is 0.0346.